The summed E-state index contributed by atoms with van der Waals surface area (Å²) in [6, 6.07) is 0. The molecule has 0 heterocycles. The van der Waals surface area contributed by atoms with Crippen molar-refractivity contribution in [1.29, 1.82) is 0 Å². The summed E-state index contributed by atoms with van der Waals surface area (Å²) in [6.07, 6.45) is 3.64. The Morgan fingerprint density at radius 3 is 1.75 bits per heavy atom. The third kappa shape index (κ3) is 4.56. The lowest BCUT2D eigenvalue weighted by Crippen LogP contribution is -2.25. The second-order valence-corrected chi connectivity index (χ2v) is 4.34. The third-order valence-corrected chi connectivity index (χ3v) is 2.57. The van der Waals surface area contributed by atoms with Gasteiger partial charge in [0.1, 0.15) is 0 Å². The standard InChI is InChI=1S/C14H22O2/c1-6-7-8-9-12(13(15)10(2)3)14(16)11(4)5/h12H,2,4,6-9H2,1,3,5H3. The Kier molecular flexibility index (Phi) is 6.63. The van der Waals surface area contributed by atoms with Crippen LogP contribution in [0.1, 0.15) is 46.5 Å². The molecule has 2 heteroatoms. The molecule has 0 aromatic rings. The van der Waals surface area contributed by atoms with Crippen LogP contribution < -0.4 is 0 Å². The Morgan fingerprint density at radius 2 is 1.44 bits per heavy atom. The fraction of sp³-hybridized carbons (Fsp3) is 0.571. The number of rotatable bonds is 8. The maximum atomic E-state index is 11.8. The second-order valence-electron chi connectivity index (χ2n) is 4.34. The van der Waals surface area contributed by atoms with E-state index >= 15 is 0 Å². The summed E-state index contributed by atoms with van der Waals surface area (Å²) in [4.78, 5) is 23.6. The van der Waals surface area contributed by atoms with Crippen molar-refractivity contribution in [3.8, 4) is 0 Å². The molecule has 0 aromatic carbocycles. The van der Waals surface area contributed by atoms with Gasteiger partial charge >= 0.3 is 0 Å². The number of carbonyl (C=O) groups excluding carboxylic acids is 2. The predicted octanol–water partition coefficient (Wildman–Crippen LogP) is 3.47. The average molecular weight is 222 g/mol. The molecule has 2 nitrogen and oxygen atoms in total. The second kappa shape index (κ2) is 7.15. The summed E-state index contributed by atoms with van der Waals surface area (Å²) in [6.45, 7) is 12.6. The molecule has 16 heavy (non-hydrogen) atoms. The van der Waals surface area contributed by atoms with Crippen molar-refractivity contribution in [3.63, 3.8) is 0 Å². The molecule has 0 aliphatic carbocycles. The largest absolute Gasteiger partial charge is 0.294 e. The molecule has 0 saturated heterocycles. The third-order valence-electron chi connectivity index (χ3n) is 2.57. The summed E-state index contributed by atoms with van der Waals surface area (Å²) >= 11 is 0. The highest BCUT2D eigenvalue weighted by atomic mass is 16.2. The molecular weight excluding hydrogens is 200 g/mol. The highest BCUT2D eigenvalue weighted by Gasteiger charge is 2.26. The molecule has 0 unspecified atom stereocenters. The first-order valence-electron chi connectivity index (χ1n) is 5.81. The topological polar surface area (TPSA) is 34.1 Å². The zero-order valence-electron chi connectivity index (χ0n) is 10.6. The highest BCUT2D eigenvalue weighted by Crippen LogP contribution is 2.18. The molecule has 0 spiro atoms. The summed E-state index contributed by atoms with van der Waals surface area (Å²) < 4.78 is 0. The van der Waals surface area contributed by atoms with Crippen molar-refractivity contribution in [2.75, 3.05) is 0 Å². The Labute approximate surface area is 98.4 Å². The van der Waals surface area contributed by atoms with Gasteiger partial charge in [-0.05, 0) is 31.4 Å². The molecule has 0 aliphatic heterocycles. The van der Waals surface area contributed by atoms with E-state index in [1.165, 1.54) is 0 Å². The number of unbranched alkanes of at least 4 members (excludes halogenated alkanes) is 2. The van der Waals surface area contributed by atoms with E-state index in [-0.39, 0.29) is 11.6 Å². The van der Waals surface area contributed by atoms with E-state index in [2.05, 4.69) is 20.1 Å². The minimum Gasteiger partial charge on any atom is -0.294 e. The maximum Gasteiger partial charge on any atom is 0.168 e. The van der Waals surface area contributed by atoms with Crippen LogP contribution >= 0.6 is 0 Å². The van der Waals surface area contributed by atoms with Gasteiger partial charge in [-0.2, -0.15) is 0 Å². The van der Waals surface area contributed by atoms with Crippen LogP contribution in [0.3, 0.4) is 0 Å². The fourth-order valence-electron chi connectivity index (χ4n) is 1.57. The van der Waals surface area contributed by atoms with Gasteiger partial charge in [0.2, 0.25) is 0 Å². The zero-order valence-corrected chi connectivity index (χ0v) is 10.6. The zero-order chi connectivity index (χ0) is 12.7. The molecule has 0 aliphatic rings. The number of hydrogen-bond donors (Lipinski definition) is 0. The smallest absolute Gasteiger partial charge is 0.168 e. The number of hydrogen-bond acceptors (Lipinski definition) is 2. The van der Waals surface area contributed by atoms with Gasteiger partial charge in [-0.1, -0.05) is 39.3 Å². The lowest BCUT2D eigenvalue weighted by atomic mass is 9.87. The molecule has 0 saturated carbocycles. The summed E-state index contributed by atoms with van der Waals surface area (Å²) in [5.41, 5.74) is 0.909. The van der Waals surface area contributed by atoms with E-state index in [9.17, 15) is 9.59 Å². The van der Waals surface area contributed by atoms with Crippen molar-refractivity contribution in [1.82, 2.24) is 0 Å². The molecule has 0 amide bonds. The molecule has 0 radical (unpaired) electrons. The van der Waals surface area contributed by atoms with Crippen LogP contribution in [0.5, 0.6) is 0 Å². The normalized spacial score (nSPS) is 10.2. The van der Waals surface area contributed by atoms with E-state index < -0.39 is 5.92 Å². The predicted molar refractivity (Wildman–Crippen MR) is 67.3 cm³/mol. The van der Waals surface area contributed by atoms with Crippen molar-refractivity contribution >= 4 is 11.6 Å². The van der Waals surface area contributed by atoms with Crippen LogP contribution in [-0.4, -0.2) is 11.6 Å². The lowest BCUT2D eigenvalue weighted by molar-refractivity contribution is -0.128. The molecule has 0 fully saturated rings. The van der Waals surface area contributed by atoms with Gasteiger partial charge in [0, 0.05) is 0 Å². The lowest BCUT2D eigenvalue weighted by Gasteiger charge is -2.14. The number of allylic oxidation sites excluding steroid dienone is 2. The van der Waals surface area contributed by atoms with Gasteiger partial charge in [-0.15, -0.1) is 0 Å². The van der Waals surface area contributed by atoms with Crippen LogP contribution in [0.4, 0.5) is 0 Å². The van der Waals surface area contributed by atoms with E-state index in [0.29, 0.717) is 17.6 Å². The first-order valence-corrected chi connectivity index (χ1v) is 5.81. The number of ketones is 2. The van der Waals surface area contributed by atoms with Gasteiger partial charge in [-0.25, -0.2) is 0 Å². The maximum absolute atomic E-state index is 11.8. The van der Waals surface area contributed by atoms with Crippen LogP contribution in [-0.2, 0) is 9.59 Å². The van der Waals surface area contributed by atoms with Crippen molar-refractivity contribution < 1.29 is 9.59 Å². The Bertz CT molecular complexity index is 274. The molecule has 0 rings (SSSR count). The average Bonchev–Trinajstić information content (AvgIpc) is 2.22. The molecular formula is C14H22O2. The molecule has 0 N–H and O–H groups in total. The molecule has 90 valence electrons. The van der Waals surface area contributed by atoms with E-state index in [4.69, 9.17) is 0 Å². The summed E-state index contributed by atoms with van der Waals surface area (Å²) in [7, 11) is 0. The van der Waals surface area contributed by atoms with Gasteiger partial charge in [0.25, 0.3) is 0 Å². The minimum atomic E-state index is -0.554. The van der Waals surface area contributed by atoms with Gasteiger partial charge in [0.15, 0.2) is 11.6 Å². The molecule has 0 aromatic heterocycles. The first kappa shape index (κ1) is 14.8. The fourth-order valence-corrected chi connectivity index (χ4v) is 1.57. The van der Waals surface area contributed by atoms with Gasteiger partial charge < -0.3 is 0 Å². The Balaban J connectivity index is 4.63. The number of Topliss-reactive ketones (excluding diaryl/α,β-unsaturated/α-hetero) is 2. The minimum absolute atomic E-state index is 0.135. The van der Waals surface area contributed by atoms with Crippen molar-refractivity contribution in [2.45, 2.75) is 46.5 Å². The van der Waals surface area contributed by atoms with Crippen LogP contribution in [0.15, 0.2) is 24.3 Å². The van der Waals surface area contributed by atoms with E-state index in [1.54, 1.807) is 13.8 Å². The first-order chi connectivity index (χ1) is 7.41. The van der Waals surface area contributed by atoms with Gasteiger partial charge in [0.05, 0.1) is 5.92 Å². The van der Waals surface area contributed by atoms with Crippen LogP contribution in [0, 0.1) is 5.92 Å². The van der Waals surface area contributed by atoms with Gasteiger partial charge in [-0.3, -0.25) is 9.59 Å². The van der Waals surface area contributed by atoms with Crippen LogP contribution in [0.25, 0.3) is 0 Å². The summed E-state index contributed by atoms with van der Waals surface area (Å²) in [5, 5.41) is 0. The van der Waals surface area contributed by atoms with E-state index in [0.717, 1.165) is 19.3 Å². The molecule has 0 bridgehead atoms. The Hall–Kier alpha value is -1.18. The number of carbonyl (C=O) groups is 2. The monoisotopic (exact) mass is 222 g/mol. The van der Waals surface area contributed by atoms with E-state index in [1.807, 2.05) is 0 Å². The van der Waals surface area contributed by atoms with Crippen molar-refractivity contribution in [3.05, 3.63) is 24.3 Å². The summed E-state index contributed by atoms with van der Waals surface area (Å²) in [5.74, 6) is -0.824. The SMILES string of the molecule is C=C(C)C(=O)C(CCCCC)C(=O)C(=C)C. The van der Waals surface area contributed by atoms with Crippen LogP contribution in [0.2, 0.25) is 0 Å². The van der Waals surface area contributed by atoms with Crippen molar-refractivity contribution in [2.24, 2.45) is 5.92 Å². The highest BCUT2D eigenvalue weighted by molar-refractivity contribution is 6.14. The Morgan fingerprint density at radius 1 is 1.00 bits per heavy atom. The quantitative estimate of drug-likeness (QED) is 0.358. The molecule has 0 atom stereocenters.